The van der Waals surface area contributed by atoms with E-state index in [0.717, 1.165) is 5.57 Å². The minimum Gasteiger partial charge on any atom is -0.175 e. The molecule has 0 saturated carbocycles. The lowest BCUT2D eigenvalue weighted by Gasteiger charge is -2.06. The second-order valence-electron chi connectivity index (χ2n) is 3.01. The van der Waals surface area contributed by atoms with Crippen LogP contribution in [0.5, 0.6) is 0 Å². The fourth-order valence-electron chi connectivity index (χ4n) is 0.943. The smallest absolute Gasteiger partial charge is 0.175 e. The monoisotopic (exact) mass is 266 g/mol. The van der Waals surface area contributed by atoms with Gasteiger partial charge in [-0.15, -0.1) is 0 Å². The number of hydrogen-bond acceptors (Lipinski definition) is 1. The Bertz CT molecular complexity index is 273. The molecule has 0 amide bonds. The Morgan fingerprint density at radius 3 is 1.71 bits per heavy atom. The van der Waals surface area contributed by atoms with Crippen molar-refractivity contribution in [3.8, 4) is 0 Å². The summed E-state index contributed by atoms with van der Waals surface area (Å²) in [7, 11) is 0. The molecule has 0 atom stereocenters. The van der Waals surface area contributed by atoms with Gasteiger partial charge in [-0.25, -0.2) is 0 Å². The molecule has 0 aromatic carbocycles. The molecule has 0 rings (SSSR count). The van der Waals surface area contributed by atoms with Crippen molar-refractivity contribution in [1.82, 2.24) is 0 Å². The molecule has 0 spiro atoms. The molecule has 0 aliphatic heterocycles. The Morgan fingerprint density at radius 1 is 1.00 bits per heavy atom. The fraction of sp³-hybridized carbons (Fsp3) is 0.538. The third kappa shape index (κ3) is 11.6. The zero-order chi connectivity index (χ0) is 13.9. The normalized spacial score (nSPS) is 13.6. The number of halogens is 3. The van der Waals surface area contributed by atoms with Crippen molar-refractivity contribution in [3.63, 3.8) is 0 Å². The summed E-state index contributed by atoms with van der Waals surface area (Å²) < 4.78 is 36.2. The molecule has 0 unspecified atom stereocenters. The van der Waals surface area contributed by atoms with Crippen LogP contribution in [0.25, 0.3) is 0 Å². The van der Waals surface area contributed by atoms with E-state index in [1.165, 1.54) is 12.2 Å². The predicted octanol–water partition coefficient (Wildman–Crippen LogP) is 5.34. The van der Waals surface area contributed by atoms with Crippen LogP contribution in [0.1, 0.15) is 34.1 Å². The molecule has 0 heterocycles. The number of thiol groups is 1. The Balaban J connectivity index is 0. The van der Waals surface area contributed by atoms with Gasteiger partial charge >= 0.3 is 6.18 Å². The molecular weight excluding hydrogens is 245 g/mol. The van der Waals surface area contributed by atoms with Gasteiger partial charge in [0.2, 0.25) is 0 Å². The third-order valence-corrected chi connectivity index (χ3v) is 2.21. The average Bonchev–Trinajstić information content (AvgIpc) is 2.30. The summed E-state index contributed by atoms with van der Waals surface area (Å²) in [5.74, 6) is 0.524. The van der Waals surface area contributed by atoms with E-state index in [9.17, 15) is 13.2 Å². The van der Waals surface area contributed by atoms with Crippen LogP contribution in [0.15, 0.2) is 35.5 Å². The van der Waals surface area contributed by atoms with Gasteiger partial charge in [-0.05, 0) is 25.0 Å². The number of allylic oxidation sites excluding steroid dienone is 5. The van der Waals surface area contributed by atoms with Crippen LogP contribution in [-0.2, 0) is 0 Å². The van der Waals surface area contributed by atoms with Crippen molar-refractivity contribution in [2.24, 2.45) is 0 Å². The molecule has 0 aromatic heterocycles. The third-order valence-electron chi connectivity index (χ3n) is 1.84. The highest BCUT2D eigenvalue weighted by atomic mass is 32.1. The first-order valence-corrected chi connectivity index (χ1v) is 6.22. The van der Waals surface area contributed by atoms with Crippen molar-refractivity contribution in [1.29, 1.82) is 0 Å². The highest BCUT2D eigenvalue weighted by Crippen LogP contribution is 2.25. The first-order chi connectivity index (χ1) is 7.92. The molecule has 0 aliphatic rings. The molecule has 0 bridgehead atoms. The molecule has 0 aromatic rings. The maximum atomic E-state index is 12.1. The maximum Gasteiger partial charge on any atom is 0.393 e. The zero-order valence-corrected chi connectivity index (χ0v) is 11.7. The number of alkyl halides is 3. The molecule has 0 radical (unpaired) electrons. The van der Waals surface area contributed by atoms with Crippen molar-refractivity contribution in [3.05, 3.63) is 35.5 Å². The van der Waals surface area contributed by atoms with Crippen molar-refractivity contribution < 1.29 is 13.2 Å². The zero-order valence-electron chi connectivity index (χ0n) is 10.8. The molecule has 17 heavy (non-hydrogen) atoms. The van der Waals surface area contributed by atoms with Gasteiger partial charge in [0.05, 0.1) is 6.42 Å². The fourth-order valence-corrected chi connectivity index (χ4v) is 1.23. The van der Waals surface area contributed by atoms with Gasteiger partial charge in [-0.3, -0.25) is 0 Å². The van der Waals surface area contributed by atoms with Crippen molar-refractivity contribution >= 4 is 12.6 Å². The Morgan fingerprint density at radius 2 is 1.41 bits per heavy atom. The van der Waals surface area contributed by atoms with Crippen LogP contribution in [0.3, 0.4) is 0 Å². The van der Waals surface area contributed by atoms with Crippen LogP contribution < -0.4 is 0 Å². The molecule has 0 nitrogen and oxygen atoms in total. The second kappa shape index (κ2) is 10.5. The van der Waals surface area contributed by atoms with Gasteiger partial charge in [0.25, 0.3) is 0 Å². The molecule has 0 saturated heterocycles. The largest absolute Gasteiger partial charge is 0.393 e. The number of rotatable bonds is 4. The highest BCUT2D eigenvalue weighted by Gasteiger charge is 2.27. The summed E-state index contributed by atoms with van der Waals surface area (Å²) in [5.41, 5.74) is 1.17. The van der Waals surface area contributed by atoms with Crippen molar-refractivity contribution in [2.45, 2.75) is 40.3 Å². The predicted molar refractivity (Wildman–Crippen MR) is 72.5 cm³/mol. The van der Waals surface area contributed by atoms with Crippen LogP contribution in [0.4, 0.5) is 13.2 Å². The van der Waals surface area contributed by atoms with E-state index in [0.29, 0.717) is 5.75 Å². The minimum absolute atomic E-state index is 0.267. The van der Waals surface area contributed by atoms with Gasteiger partial charge in [0.1, 0.15) is 0 Å². The maximum absolute atomic E-state index is 12.1. The first kappa shape index (κ1) is 18.7. The Labute approximate surface area is 108 Å². The molecule has 4 heteroatoms. The van der Waals surface area contributed by atoms with E-state index < -0.39 is 12.6 Å². The van der Waals surface area contributed by atoms with Gasteiger partial charge in [0.15, 0.2) is 0 Å². The van der Waals surface area contributed by atoms with E-state index in [1.54, 1.807) is 13.0 Å². The Hall–Kier alpha value is -0.640. The van der Waals surface area contributed by atoms with Crippen LogP contribution in [-0.4, -0.2) is 11.9 Å². The summed E-state index contributed by atoms with van der Waals surface area (Å²) in [6.45, 7) is 7.43. The molecular formula is C13H21F3S. The molecule has 100 valence electrons. The molecule has 0 aliphatic carbocycles. The molecule has 0 fully saturated rings. The SMILES string of the molecule is CC.C\C=C(/C=C\C(=C/C)CS)CC(F)(F)F. The summed E-state index contributed by atoms with van der Waals surface area (Å²) >= 11 is 4.05. The van der Waals surface area contributed by atoms with E-state index >= 15 is 0 Å². The quantitative estimate of drug-likeness (QED) is 0.515. The lowest BCUT2D eigenvalue weighted by atomic mass is 10.1. The van der Waals surface area contributed by atoms with E-state index in [-0.39, 0.29) is 5.57 Å². The van der Waals surface area contributed by atoms with Crippen LogP contribution in [0.2, 0.25) is 0 Å². The molecule has 0 N–H and O–H groups in total. The first-order valence-electron chi connectivity index (χ1n) is 5.59. The summed E-state index contributed by atoms with van der Waals surface area (Å²) in [6, 6.07) is 0. The summed E-state index contributed by atoms with van der Waals surface area (Å²) in [5, 5.41) is 0. The van der Waals surface area contributed by atoms with E-state index in [1.807, 2.05) is 26.8 Å². The lowest BCUT2D eigenvalue weighted by Crippen LogP contribution is -2.07. The standard InChI is InChI=1S/C11H15F3S.C2H6/c1-3-9(7-11(12,13)14)5-6-10(4-2)8-15;1-2/h3-6,15H,7-8H2,1-2H3;1-2H3/b6-5-,9-3+,10-4+;. The van der Waals surface area contributed by atoms with Crippen LogP contribution >= 0.6 is 12.6 Å². The summed E-state index contributed by atoms with van der Waals surface area (Å²) in [4.78, 5) is 0. The summed E-state index contributed by atoms with van der Waals surface area (Å²) in [6.07, 6.45) is 1.40. The van der Waals surface area contributed by atoms with E-state index in [4.69, 9.17) is 0 Å². The van der Waals surface area contributed by atoms with Gasteiger partial charge in [-0.2, -0.15) is 25.8 Å². The topological polar surface area (TPSA) is 0 Å². The second-order valence-corrected chi connectivity index (χ2v) is 3.33. The highest BCUT2D eigenvalue weighted by molar-refractivity contribution is 7.80. The minimum atomic E-state index is -4.15. The van der Waals surface area contributed by atoms with Crippen molar-refractivity contribution in [2.75, 3.05) is 5.75 Å². The van der Waals surface area contributed by atoms with Crippen LogP contribution in [0, 0.1) is 0 Å². The van der Waals surface area contributed by atoms with Gasteiger partial charge in [0, 0.05) is 5.75 Å². The number of hydrogen-bond donors (Lipinski definition) is 1. The van der Waals surface area contributed by atoms with Gasteiger partial charge in [-0.1, -0.05) is 38.2 Å². The van der Waals surface area contributed by atoms with E-state index in [2.05, 4.69) is 12.6 Å². The average molecular weight is 266 g/mol. The van der Waals surface area contributed by atoms with Gasteiger partial charge < -0.3 is 0 Å². The lowest BCUT2D eigenvalue weighted by molar-refractivity contribution is -0.126. The Kier molecular flexibility index (Phi) is 11.6.